The second-order valence-corrected chi connectivity index (χ2v) is 5.25. The molecule has 0 unspecified atom stereocenters. The van der Waals surface area contributed by atoms with E-state index in [2.05, 4.69) is 0 Å². The number of ether oxygens (including phenoxy) is 1. The van der Waals surface area contributed by atoms with Crippen LogP contribution >= 0.6 is 34.8 Å². The predicted molar refractivity (Wildman–Crippen MR) is 78.9 cm³/mol. The molecule has 0 atom stereocenters. The first kappa shape index (κ1) is 15.8. The average molecular weight is 351 g/mol. The van der Waals surface area contributed by atoms with E-state index in [0.29, 0.717) is 5.56 Å². The highest BCUT2D eigenvalue weighted by Crippen LogP contribution is 2.34. The molecule has 0 spiro atoms. The maximum absolute atomic E-state index is 13.5. The lowest BCUT2D eigenvalue weighted by Crippen LogP contribution is -1.99. The Morgan fingerprint density at radius 1 is 1.10 bits per heavy atom. The summed E-state index contributed by atoms with van der Waals surface area (Å²) in [4.78, 5) is 9.72. The maximum atomic E-state index is 13.5. The molecule has 0 aliphatic rings. The van der Waals surface area contributed by atoms with Crippen LogP contribution in [-0.2, 0) is 6.61 Å². The fourth-order valence-electron chi connectivity index (χ4n) is 1.56. The van der Waals surface area contributed by atoms with Gasteiger partial charge in [0.15, 0.2) is 0 Å². The van der Waals surface area contributed by atoms with Gasteiger partial charge in [-0.3, -0.25) is 10.1 Å². The summed E-state index contributed by atoms with van der Waals surface area (Å²) in [7, 11) is 0. The van der Waals surface area contributed by atoms with Crippen molar-refractivity contribution in [3.8, 4) is 5.75 Å². The van der Waals surface area contributed by atoms with Crippen LogP contribution < -0.4 is 4.74 Å². The summed E-state index contributed by atoms with van der Waals surface area (Å²) in [5.74, 6) is -0.647. The van der Waals surface area contributed by atoms with Gasteiger partial charge in [-0.15, -0.1) is 0 Å². The normalized spacial score (nSPS) is 10.5. The quantitative estimate of drug-likeness (QED) is 0.428. The van der Waals surface area contributed by atoms with Crippen molar-refractivity contribution in [1.82, 2.24) is 0 Å². The topological polar surface area (TPSA) is 52.4 Å². The Labute approximate surface area is 134 Å². The van der Waals surface area contributed by atoms with E-state index in [-0.39, 0.29) is 27.4 Å². The number of hydrogen-bond donors (Lipinski definition) is 0. The van der Waals surface area contributed by atoms with Gasteiger partial charge in [0.1, 0.15) is 12.4 Å². The molecule has 21 heavy (non-hydrogen) atoms. The van der Waals surface area contributed by atoms with Crippen molar-refractivity contribution in [2.75, 3.05) is 0 Å². The number of hydrogen-bond acceptors (Lipinski definition) is 3. The van der Waals surface area contributed by atoms with E-state index in [9.17, 15) is 14.5 Å². The minimum atomic E-state index is -0.929. The van der Waals surface area contributed by atoms with Gasteiger partial charge in [0, 0.05) is 12.1 Å². The van der Waals surface area contributed by atoms with Crippen LogP contribution in [0.2, 0.25) is 15.1 Å². The smallest absolute Gasteiger partial charge is 0.304 e. The second kappa shape index (κ2) is 6.47. The van der Waals surface area contributed by atoms with Gasteiger partial charge in [-0.25, -0.2) is 0 Å². The summed E-state index contributed by atoms with van der Waals surface area (Å²) in [6.07, 6.45) is 0. The molecule has 110 valence electrons. The first-order valence-electron chi connectivity index (χ1n) is 5.58. The third kappa shape index (κ3) is 3.75. The van der Waals surface area contributed by atoms with Gasteiger partial charge in [-0.05, 0) is 23.8 Å². The molecule has 8 heteroatoms. The lowest BCUT2D eigenvalue weighted by Gasteiger charge is -2.09. The first-order valence-corrected chi connectivity index (χ1v) is 6.72. The maximum Gasteiger partial charge on any atom is 0.304 e. The molecule has 2 aromatic rings. The summed E-state index contributed by atoms with van der Waals surface area (Å²) in [5, 5.41) is 11.3. The minimum Gasteiger partial charge on any atom is -0.487 e. The number of rotatable bonds is 4. The molecule has 0 radical (unpaired) electrons. The molecule has 4 nitrogen and oxygen atoms in total. The number of halogens is 4. The highest BCUT2D eigenvalue weighted by atomic mass is 35.5. The number of nitro benzene ring substituents is 1. The van der Waals surface area contributed by atoms with Crippen molar-refractivity contribution in [1.29, 1.82) is 0 Å². The summed E-state index contributed by atoms with van der Waals surface area (Å²) in [6, 6.07) is 6.37. The molecule has 0 bridgehead atoms. The number of nitro groups is 1. The third-order valence-corrected chi connectivity index (χ3v) is 3.60. The van der Waals surface area contributed by atoms with Gasteiger partial charge in [0.2, 0.25) is 5.82 Å². The monoisotopic (exact) mass is 349 g/mol. The van der Waals surface area contributed by atoms with Crippen LogP contribution in [0.4, 0.5) is 10.1 Å². The summed E-state index contributed by atoms with van der Waals surface area (Å²) >= 11 is 17.6. The van der Waals surface area contributed by atoms with E-state index in [1.165, 1.54) is 18.2 Å². The molecule has 0 saturated heterocycles. The van der Waals surface area contributed by atoms with E-state index in [0.717, 1.165) is 12.1 Å². The van der Waals surface area contributed by atoms with Gasteiger partial charge in [0.25, 0.3) is 0 Å². The highest BCUT2D eigenvalue weighted by molar-refractivity contribution is 6.43. The fourth-order valence-corrected chi connectivity index (χ4v) is 2.16. The molecule has 0 amide bonds. The molecule has 0 fully saturated rings. The van der Waals surface area contributed by atoms with Gasteiger partial charge in [-0.1, -0.05) is 34.8 Å². The van der Waals surface area contributed by atoms with E-state index in [1.807, 2.05) is 0 Å². The Morgan fingerprint density at radius 2 is 1.76 bits per heavy atom. The zero-order valence-electron chi connectivity index (χ0n) is 10.3. The molecule has 0 saturated carbocycles. The van der Waals surface area contributed by atoms with Gasteiger partial charge in [-0.2, -0.15) is 4.39 Å². The Morgan fingerprint density at radius 3 is 2.38 bits per heavy atom. The van der Waals surface area contributed by atoms with E-state index in [4.69, 9.17) is 39.5 Å². The molecule has 2 rings (SSSR count). The Bertz CT molecular complexity index is 709. The number of benzene rings is 2. The summed E-state index contributed by atoms with van der Waals surface area (Å²) in [5.41, 5.74) is -0.174. The van der Waals surface area contributed by atoms with E-state index >= 15 is 0 Å². The highest BCUT2D eigenvalue weighted by Gasteiger charge is 2.14. The standard InChI is InChI=1S/C13H7Cl3FNO3/c14-8-4-10(16)13(5-9(8)15)21-6-7-1-2-12(18(19)20)11(17)3-7/h1-5H,6H2. The van der Waals surface area contributed by atoms with E-state index < -0.39 is 16.4 Å². The second-order valence-electron chi connectivity index (χ2n) is 4.03. The average Bonchev–Trinajstić information content (AvgIpc) is 2.41. The molecule has 0 N–H and O–H groups in total. The summed E-state index contributed by atoms with van der Waals surface area (Å²) in [6.45, 7) is -0.0212. The molecule has 0 heterocycles. The Hall–Kier alpha value is -1.56. The van der Waals surface area contributed by atoms with Crippen LogP contribution in [0.15, 0.2) is 30.3 Å². The minimum absolute atomic E-state index is 0.0212. The van der Waals surface area contributed by atoms with Crippen LogP contribution in [0, 0.1) is 15.9 Å². The molecule has 0 aliphatic heterocycles. The van der Waals surface area contributed by atoms with Crippen molar-refractivity contribution >= 4 is 40.5 Å². The van der Waals surface area contributed by atoms with Gasteiger partial charge in [0.05, 0.1) is 20.0 Å². The molecular formula is C13H7Cl3FNO3. The van der Waals surface area contributed by atoms with Crippen molar-refractivity contribution in [3.63, 3.8) is 0 Å². The van der Waals surface area contributed by atoms with E-state index in [1.54, 1.807) is 0 Å². The first-order chi connectivity index (χ1) is 9.88. The van der Waals surface area contributed by atoms with Gasteiger partial charge >= 0.3 is 5.69 Å². The lowest BCUT2D eigenvalue weighted by molar-refractivity contribution is -0.387. The zero-order chi connectivity index (χ0) is 15.6. The van der Waals surface area contributed by atoms with Gasteiger partial charge < -0.3 is 4.74 Å². The van der Waals surface area contributed by atoms with Crippen molar-refractivity contribution in [3.05, 3.63) is 66.9 Å². The SMILES string of the molecule is O=[N+]([O-])c1ccc(COc2cc(Cl)c(Cl)cc2Cl)cc1F. The van der Waals surface area contributed by atoms with Crippen molar-refractivity contribution in [2.24, 2.45) is 0 Å². The molecule has 2 aromatic carbocycles. The molecule has 0 aliphatic carbocycles. The van der Waals surface area contributed by atoms with Crippen LogP contribution in [0.1, 0.15) is 5.56 Å². The fraction of sp³-hybridized carbons (Fsp3) is 0.0769. The largest absolute Gasteiger partial charge is 0.487 e. The zero-order valence-corrected chi connectivity index (χ0v) is 12.5. The third-order valence-electron chi connectivity index (χ3n) is 2.58. The van der Waals surface area contributed by atoms with Crippen molar-refractivity contribution < 1.29 is 14.1 Å². The Kier molecular flexibility index (Phi) is 4.88. The summed E-state index contributed by atoms with van der Waals surface area (Å²) < 4.78 is 18.9. The number of nitrogens with zero attached hydrogens (tertiary/aromatic N) is 1. The van der Waals surface area contributed by atoms with Crippen LogP contribution in [0.25, 0.3) is 0 Å². The molecule has 0 aromatic heterocycles. The van der Waals surface area contributed by atoms with Crippen LogP contribution in [0.5, 0.6) is 5.75 Å². The van der Waals surface area contributed by atoms with Crippen LogP contribution in [0.3, 0.4) is 0 Å². The predicted octanol–water partition coefficient (Wildman–Crippen LogP) is 5.27. The Balaban J connectivity index is 2.15. The molecular weight excluding hydrogens is 344 g/mol. The van der Waals surface area contributed by atoms with Crippen molar-refractivity contribution in [2.45, 2.75) is 6.61 Å². The lowest BCUT2D eigenvalue weighted by atomic mass is 10.2. The van der Waals surface area contributed by atoms with Crippen LogP contribution in [-0.4, -0.2) is 4.92 Å².